The highest BCUT2D eigenvalue weighted by Gasteiger charge is 2.40. The molecule has 0 spiro atoms. The van der Waals surface area contributed by atoms with Crippen LogP contribution in [0, 0.1) is 17.8 Å². The van der Waals surface area contributed by atoms with Crippen molar-refractivity contribution in [1.29, 1.82) is 0 Å². The molecule has 0 radical (unpaired) electrons. The fourth-order valence-corrected chi connectivity index (χ4v) is 4.37. The number of fused-ring (bicyclic) bond motifs is 2. The standard InChI is InChI=1S/C21H29NO3/c1-3-14(2)16-6-8-19(9-7-16)22-20(23)13-25-21(24)12-18-11-15-4-5-17(18)10-15/h6-9,14-15,17-18H,3-5,10-13H2,1-2H3,(H,22,23)/t14-,15-,17-,18+/m0/s1. The van der Waals surface area contributed by atoms with Gasteiger partial charge in [-0.05, 0) is 67.1 Å². The second kappa shape index (κ2) is 8.03. The van der Waals surface area contributed by atoms with Crippen molar-refractivity contribution in [3.05, 3.63) is 29.8 Å². The number of anilines is 1. The van der Waals surface area contributed by atoms with E-state index in [1.54, 1.807) is 0 Å². The summed E-state index contributed by atoms with van der Waals surface area (Å²) in [5, 5.41) is 2.79. The molecule has 25 heavy (non-hydrogen) atoms. The van der Waals surface area contributed by atoms with Crippen LogP contribution in [-0.2, 0) is 14.3 Å². The molecule has 0 heterocycles. The maximum Gasteiger partial charge on any atom is 0.306 e. The van der Waals surface area contributed by atoms with Crippen molar-refractivity contribution in [1.82, 2.24) is 0 Å². The Kier molecular flexibility index (Phi) is 5.77. The van der Waals surface area contributed by atoms with Crippen molar-refractivity contribution in [3.63, 3.8) is 0 Å². The third-order valence-corrected chi connectivity index (χ3v) is 6.05. The topological polar surface area (TPSA) is 55.4 Å². The van der Waals surface area contributed by atoms with Gasteiger partial charge in [-0.2, -0.15) is 0 Å². The van der Waals surface area contributed by atoms with Crippen LogP contribution in [0.5, 0.6) is 0 Å². The summed E-state index contributed by atoms with van der Waals surface area (Å²) in [6.07, 6.45) is 6.59. The molecule has 1 aromatic carbocycles. The summed E-state index contributed by atoms with van der Waals surface area (Å²) in [5.41, 5.74) is 2.00. The Labute approximate surface area is 150 Å². The first-order valence-corrected chi connectivity index (χ1v) is 9.60. The molecule has 2 fully saturated rings. The van der Waals surface area contributed by atoms with Gasteiger partial charge in [-0.1, -0.05) is 32.4 Å². The van der Waals surface area contributed by atoms with Crippen LogP contribution < -0.4 is 5.32 Å². The summed E-state index contributed by atoms with van der Waals surface area (Å²) in [7, 11) is 0. The Balaban J connectivity index is 1.39. The zero-order chi connectivity index (χ0) is 17.8. The van der Waals surface area contributed by atoms with Gasteiger partial charge in [0, 0.05) is 12.1 Å². The number of esters is 1. The van der Waals surface area contributed by atoms with E-state index in [0.717, 1.165) is 24.4 Å². The molecule has 136 valence electrons. The van der Waals surface area contributed by atoms with Gasteiger partial charge in [0.15, 0.2) is 6.61 Å². The summed E-state index contributed by atoms with van der Waals surface area (Å²) in [6, 6.07) is 7.86. The first kappa shape index (κ1) is 18.0. The van der Waals surface area contributed by atoms with Gasteiger partial charge in [0.2, 0.25) is 0 Å². The zero-order valence-electron chi connectivity index (χ0n) is 15.3. The molecule has 1 N–H and O–H groups in total. The van der Waals surface area contributed by atoms with Gasteiger partial charge in [-0.25, -0.2) is 0 Å². The first-order chi connectivity index (χ1) is 12.0. The molecule has 4 atom stereocenters. The summed E-state index contributed by atoms with van der Waals surface area (Å²) in [4.78, 5) is 24.0. The number of benzene rings is 1. The fourth-order valence-electron chi connectivity index (χ4n) is 4.37. The van der Waals surface area contributed by atoms with Gasteiger partial charge in [-0.3, -0.25) is 9.59 Å². The van der Waals surface area contributed by atoms with E-state index in [2.05, 4.69) is 19.2 Å². The predicted molar refractivity (Wildman–Crippen MR) is 98.3 cm³/mol. The van der Waals surface area contributed by atoms with Crippen molar-refractivity contribution in [2.45, 2.75) is 58.3 Å². The monoisotopic (exact) mass is 343 g/mol. The minimum absolute atomic E-state index is 0.202. The van der Waals surface area contributed by atoms with Gasteiger partial charge < -0.3 is 10.1 Å². The molecule has 2 bridgehead atoms. The summed E-state index contributed by atoms with van der Waals surface area (Å²) < 4.78 is 5.17. The molecule has 1 amide bonds. The molecule has 0 unspecified atom stereocenters. The predicted octanol–water partition coefficient (Wildman–Crippen LogP) is 4.51. The summed E-state index contributed by atoms with van der Waals surface area (Å²) in [5.74, 6) is 2.00. The van der Waals surface area contributed by atoms with Gasteiger partial charge in [0.05, 0.1) is 0 Å². The van der Waals surface area contributed by atoms with Crippen LogP contribution >= 0.6 is 0 Å². The maximum absolute atomic E-state index is 12.0. The van der Waals surface area contributed by atoms with Gasteiger partial charge >= 0.3 is 5.97 Å². The van der Waals surface area contributed by atoms with E-state index >= 15 is 0 Å². The molecular weight excluding hydrogens is 314 g/mol. The maximum atomic E-state index is 12.0. The highest BCUT2D eigenvalue weighted by Crippen LogP contribution is 2.49. The number of ether oxygens (including phenoxy) is 1. The van der Waals surface area contributed by atoms with Crippen molar-refractivity contribution in [3.8, 4) is 0 Å². The molecular formula is C21H29NO3. The van der Waals surface area contributed by atoms with Crippen molar-refractivity contribution >= 4 is 17.6 Å². The van der Waals surface area contributed by atoms with E-state index in [0.29, 0.717) is 24.2 Å². The van der Waals surface area contributed by atoms with Crippen LogP contribution in [0.25, 0.3) is 0 Å². The van der Waals surface area contributed by atoms with Crippen LogP contribution in [-0.4, -0.2) is 18.5 Å². The number of hydrogen-bond donors (Lipinski definition) is 1. The zero-order valence-corrected chi connectivity index (χ0v) is 15.3. The Bertz CT molecular complexity index is 610. The largest absolute Gasteiger partial charge is 0.456 e. The minimum Gasteiger partial charge on any atom is -0.456 e. The van der Waals surface area contributed by atoms with E-state index in [1.807, 2.05) is 24.3 Å². The second-order valence-electron chi connectivity index (χ2n) is 7.78. The lowest BCUT2D eigenvalue weighted by molar-refractivity contribution is -0.148. The number of rotatable bonds is 7. The molecule has 0 aliphatic heterocycles. The van der Waals surface area contributed by atoms with Crippen LogP contribution in [0.2, 0.25) is 0 Å². The van der Waals surface area contributed by atoms with Gasteiger partial charge in [0.1, 0.15) is 0 Å². The average Bonchev–Trinajstić information content (AvgIpc) is 3.23. The molecule has 2 aliphatic rings. The molecule has 0 saturated heterocycles. The van der Waals surface area contributed by atoms with Crippen LogP contribution in [0.1, 0.15) is 63.9 Å². The van der Waals surface area contributed by atoms with E-state index in [4.69, 9.17) is 4.74 Å². The lowest BCUT2D eigenvalue weighted by Crippen LogP contribution is -2.23. The van der Waals surface area contributed by atoms with E-state index in [-0.39, 0.29) is 18.5 Å². The van der Waals surface area contributed by atoms with Crippen LogP contribution in [0.3, 0.4) is 0 Å². The molecule has 1 aromatic rings. The number of amides is 1. The molecule has 2 saturated carbocycles. The van der Waals surface area contributed by atoms with Crippen molar-refractivity contribution in [2.75, 3.05) is 11.9 Å². The number of carbonyl (C=O) groups excluding carboxylic acids is 2. The van der Waals surface area contributed by atoms with Crippen LogP contribution in [0.4, 0.5) is 5.69 Å². The minimum atomic E-state index is -0.280. The van der Waals surface area contributed by atoms with E-state index < -0.39 is 0 Å². The Morgan fingerprint density at radius 3 is 2.56 bits per heavy atom. The van der Waals surface area contributed by atoms with Crippen molar-refractivity contribution < 1.29 is 14.3 Å². The van der Waals surface area contributed by atoms with E-state index in [9.17, 15) is 9.59 Å². The second-order valence-corrected chi connectivity index (χ2v) is 7.78. The Morgan fingerprint density at radius 2 is 1.96 bits per heavy atom. The Morgan fingerprint density at radius 1 is 1.20 bits per heavy atom. The molecule has 3 rings (SSSR count). The van der Waals surface area contributed by atoms with Crippen molar-refractivity contribution in [2.24, 2.45) is 17.8 Å². The SMILES string of the molecule is CC[C@H](C)c1ccc(NC(=O)COC(=O)C[C@H]2C[C@H]3CC[C@H]2C3)cc1. The van der Waals surface area contributed by atoms with E-state index in [1.165, 1.54) is 24.8 Å². The molecule has 0 aromatic heterocycles. The lowest BCUT2D eigenvalue weighted by atomic mass is 9.86. The normalized spacial score (nSPS) is 25.6. The highest BCUT2D eigenvalue weighted by atomic mass is 16.5. The quantitative estimate of drug-likeness (QED) is 0.741. The molecule has 4 nitrogen and oxygen atoms in total. The number of nitrogens with one attached hydrogen (secondary N) is 1. The molecule has 4 heteroatoms. The van der Waals surface area contributed by atoms with Gasteiger partial charge in [0.25, 0.3) is 5.91 Å². The third kappa shape index (κ3) is 4.62. The highest BCUT2D eigenvalue weighted by molar-refractivity contribution is 5.92. The summed E-state index contributed by atoms with van der Waals surface area (Å²) in [6.45, 7) is 4.14. The number of hydrogen-bond acceptors (Lipinski definition) is 3. The first-order valence-electron chi connectivity index (χ1n) is 9.60. The molecule has 2 aliphatic carbocycles. The fraction of sp³-hybridized carbons (Fsp3) is 0.619. The average molecular weight is 343 g/mol. The third-order valence-electron chi connectivity index (χ3n) is 6.05. The smallest absolute Gasteiger partial charge is 0.306 e. The summed E-state index contributed by atoms with van der Waals surface area (Å²) >= 11 is 0. The lowest BCUT2D eigenvalue weighted by Gasteiger charge is -2.20. The van der Waals surface area contributed by atoms with Crippen LogP contribution in [0.15, 0.2) is 24.3 Å². The Hall–Kier alpha value is -1.84. The number of carbonyl (C=O) groups is 2. The van der Waals surface area contributed by atoms with Gasteiger partial charge in [-0.15, -0.1) is 0 Å².